The van der Waals surface area contributed by atoms with Gasteiger partial charge < -0.3 is 10.2 Å². The van der Waals surface area contributed by atoms with E-state index in [0.29, 0.717) is 23.1 Å². The van der Waals surface area contributed by atoms with Crippen molar-refractivity contribution in [3.8, 4) is 22.6 Å². The first-order valence-corrected chi connectivity index (χ1v) is 12.1. The highest BCUT2D eigenvalue weighted by Crippen LogP contribution is 2.44. The molecule has 11 nitrogen and oxygen atoms in total. The molecule has 3 unspecified atom stereocenters. The van der Waals surface area contributed by atoms with Crippen LogP contribution in [0, 0.1) is 12.8 Å². The molecule has 3 atom stereocenters. The lowest BCUT2D eigenvalue weighted by Gasteiger charge is -2.32. The number of pyridine rings is 2. The summed E-state index contributed by atoms with van der Waals surface area (Å²) in [6.07, 6.45) is 8.59. The number of nitrogens with one attached hydrogen (secondary N) is 2. The Labute approximate surface area is 212 Å². The number of aromatic amines is 1. The summed E-state index contributed by atoms with van der Waals surface area (Å²) in [7, 11) is 0. The predicted molar refractivity (Wildman–Crippen MR) is 135 cm³/mol. The molecule has 186 valence electrons. The molecular weight excluding hydrogens is 470 g/mol. The van der Waals surface area contributed by atoms with Gasteiger partial charge >= 0.3 is 0 Å². The van der Waals surface area contributed by atoms with Gasteiger partial charge in [0.05, 0.1) is 35.9 Å². The van der Waals surface area contributed by atoms with Gasteiger partial charge in [-0.3, -0.25) is 14.7 Å². The molecule has 4 aromatic heterocycles. The predicted octanol–water partition coefficient (Wildman–Crippen LogP) is 3.03. The van der Waals surface area contributed by atoms with Crippen LogP contribution in [-0.2, 0) is 4.79 Å². The fourth-order valence-electron chi connectivity index (χ4n) is 5.32. The number of fused-ring (bicyclic) bond motifs is 2. The highest BCUT2D eigenvalue weighted by atomic mass is 16.2. The number of hydrogen-bond donors (Lipinski definition) is 2. The number of amides is 2. The van der Waals surface area contributed by atoms with E-state index in [9.17, 15) is 9.59 Å². The number of piperidine rings is 1. The van der Waals surface area contributed by atoms with Crippen molar-refractivity contribution < 1.29 is 9.59 Å². The summed E-state index contributed by atoms with van der Waals surface area (Å²) in [6, 6.07) is 9.02. The molecule has 1 saturated heterocycles. The molecule has 37 heavy (non-hydrogen) atoms. The second-order valence-electron chi connectivity index (χ2n) is 9.47. The van der Waals surface area contributed by atoms with Crippen molar-refractivity contribution in [3.05, 3.63) is 72.8 Å². The molecule has 1 saturated carbocycles. The second kappa shape index (κ2) is 9.08. The minimum Gasteiger partial charge on any atom is -0.334 e. The quantitative estimate of drug-likeness (QED) is 0.393. The Kier molecular flexibility index (Phi) is 5.59. The van der Waals surface area contributed by atoms with Crippen LogP contribution < -0.4 is 5.32 Å². The Morgan fingerprint density at radius 1 is 1.14 bits per heavy atom. The Morgan fingerprint density at radius 2 is 2.00 bits per heavy atom. The number of carbonyl (C=O) groups excluding carboxylic acids is 2. The van der Waals surface area contributed by atoms with E-state index in [0.717, 1.165) is 36.2 Å². The molecule has 5 heterocycles. The summed E-state index contributed by atoms with van der Waals surface area (Å²) in [5, 5.41) is 18.4. The number of rotatable bonds is 6. The maximum Gasteiger partial charge on any atom is 0.275 e. The van der Waals surface area contributed by atoms with Crippen LogP contribution in [0.25, 0.3) is 22.6 Å². The summed E-state index contributed by atoms with van der Waals surface area (Å²) in [5.74, 6) is 0.491. The number of aryl methyl sites for hydroxylation is 1. The lowest BCUT2D eigenvalue weighted by Crippen LogP contribution is -2.42. The molecule has 0 aromatic carbocycles. The minimum absolute atomic E-state index is 0.0299. The lowest BCUT2D eigenvalue weighted by molar-refractivity contribution is -0.128. The molecule has 6 rings (SSSR count). The van der Waals surface area contributed by atoms with Crippen LogP contribution in [0.1, 0.15) is 34.9 Å². The number of aromatic nitrogens is 7. The standard InChI is InChI=1S/C26H25N9O2/c1-3-24(36)34-13-16-9-21(34)22(10-16)35-14-20(31-33-35)17-7-8-23(27-12-17)30-26(37)19-6-4-5-18(29-19)25-15(2)11-28-32-25/h3-8,11-12,14,16,21-22H,1,9-10,13H2,2H3,(H,28,32)(H,27,30,37). The van der Waals surface area contributed by atoms with Gasteiger partial charge in [0.2, 0.25) is 5.91 Å². The van der Waals surface area contributed by atoms with Crippen molar-refractivity contribution in [2.75, 3.05) is 11.9 Å². The van der Waals surface area contributed by atoms with Crippen LogP contribution in [0.3, 0.4) is 0 Å². The van der Waals surface area contributed by atoms with Gasteiger partial charge in [0, 0.05) is 18.3 Å². The van der Waals surface area contributed by atoms with E-state index in [2.05, 4.69) is 42.4 Å². The number of H-pyrrole nitrogens is 1. The summed E-state index contributed by atoms with van der Waals surface area (Å²) in [4.78, 5) is 35.7. The highest BCUT2D eigenvalue weighted by molar-refractivity contribution is 6.02. The van der Waals surface area contributed by atoms with E-state index >= 15 is 0 Å². The molecule has 2 N–H and O–H groups in total. The van der Waals surface area contributed by atoms with E-state index in [1.54, 1.807) is 30.6 Å². The van der Waals surface area contributed by atoms with Crippen molar-refractivity contribution in [1.82, 2.24) is 40.1 Å². The van der Waals surface area contributed by atoms with Crippen LogP contribution in [0.15, 0.2) is 61.6 Å². The third-order valence-corrected chi connectivity index (χ3v) is 7.12. The molecule has 0 spiro atoms. The van der Waals surface area contributed by atoms with Gasteiger partial charge in [0.25, 0.3) is 5.91 Å². The molecule has 0 radical (unpaired) electrons. The number of carbonyl (C=O) groups is 2. The Morgan fingerprint density at radius 3 is 2.73 bits per heavy atom. The summed E-state index contributed by atoms with van der Waals surface area (Å²) < 4.78 is 1.86. The van der Waals surface area contributed by atoms with E-state index in [1.165, 1.54) is 6.08 Å². The van der Waals surface area contributed by atoms with Crippen molar-refractivity contribution in [2.45, 2.75) is 31.8 Å². The molecule has 2 amide bonds. The van der Waals surface area contributed by atoms with Crippen LogP contribution in [-0.4, -0.2) is 64.5 Å². The zero-order chi connectivity index (χ0) is 25.5. The maximum atomic E-state index is 12.8. The average Bonchev–Trinajstić information content (AvgIpc) is 3.73. The third kappa shape index (κ3) is 4.18. The Bertz CT molecular complexity index is 1490. The van der Waals surface area contributed by atoms with Gasteiger partial charge in [-0.1, -0.05) is 17.9 Å². The van der Waals surface area contributed by atoms with Gasteiger partial charge in [-0.05, 0) is 61.6 Å². The first kappa shape index (κ1) is 22.8. The van der Waals surface area contributed by atoms with E-state index in [-0.39, 0.29) is 29.6 Å². The van der Waals surface area contributed by atoms with E-state index in [4.69, 9.17) is 0 Å². The molecule has 1 aliphatic carbocycles. The monoisotopic (exact) mass is 495 g/mol. The molecule has 1 aliphatic heterocycles. The molecule has 2 aliphatic rings. The van der Waals surface area contributed by atoms with Crippen molar-refractivity contribution in [1.29, 1.82) is 0 Å². The number of anilines is 1. The molecular formula is C26H25N9O2. The van der Waals surface area contributed by atoms with Crippen molar-refractivity contribution in [3.63, 3.8) is 0 Å². The van der Waals surface area contributed by atoms with Gasteiger partial charge in [-0.15, -0.1) is 5.10 Å². The van der Waals surface area contributed by atoms with Gasteiger partial charge in [0.1, 0.15) is 17.2 Å². The SMILES string of the molecule is C=CC(=O)N1CC2CC1C(n1cc(-c3ccc(NC(=O)c4cccc(-c5[nH]ncc5C)n4)nc3)nn1)C2. The average molecular weight is 496 g/mol. The largest absolute Gasteiger partial charge is 0.334 e. The zero-order valence-electron chi connectivity index (χ0n) is 20.2. The summed E-state index contributed by atoms with van der Waals surface area (Å²) in [5.41, 5.74) is 4.09. The van der Waals surface area contributed by atoms with Crippen LogP contribution in [0.4, 0.5) is 5.82 Å². The van der Waals surface area contributed by atoms with Gasteiger partial charge in [-0.25, -0.2) is 14.6 Å². The van der Waals surface area contributed by atoms with Crippen LogP contribution >= 0.6 is 0 Å². The van der Waals surface area contributed by atoms with Crippen molar-refractivity contribution >= 4 is 17.6 Å². The maximum absolute atomic E-state index is 12.8. The highest BCUT2D eigenvalue weighted by Gasteiger charge is 2.47. The second-order valence-corrected chi connectivity index (χ2v) is 9.47. The molecule has 2 fully saturated rings. The fourth-order valence-corrected chi connectivity index (χ4v) is 5.32. The number of hydrogen-bond acceptors (Lipinski definition) is 7. The Balaban J connectivity index is 1.14. The van der Waals surface area contributed by atoms with Crippen LogP contribution in [0.2, 0.25) is 0 Å². The molecule has 4 aromatic rings. The summed E-state index contributed by atoms with van der Waals surface area (Å²) >= 11 is 0. The normalized spacial score (nSPS) is 20.2. The van der Waals surface area contributed by atoms with Gasteiger partial charge in [-0.2, -0.15) is 5.10 Å². The summed E-state index contributed by atoms with van der Waals surface area (Å²) in [6.45, 7) is 6.33. The zero-order valence-corrected chi connectivity index (χ0v) is 20.2. The smallest absolute Gasteiger partial charge is 0.275 e. The van der Waals surface area contributed by atoms with Crippen molar-refractivity contribution in [2.24, 2.45) is 5.92 Å². The van der Waals surface area contributed by atoms with Crippen LogP contribution in [0.5, 0.6) is 0 Å². The Hall–Kier alpha value is -4.67. The molecule has 2 bridgehead atoms. The fraction of sp³-hybridized carbons (Fsp3) is 0.269. The first-order valence-electron chi connectivity index (χ1n) is 12.1. The van der Waals surface area contributed by atoms with E-state index in [1.807, 2.05) is 34.8 Å². The topological polar surface area (TPSA) is 135 Å². The third-order valence-electron chi connectivity index (χ3n) is 7.12. The lowest BCUT2D eigenvalue weighted by atomic mass is 10.1. The van der Waals surface area contributed by atoms with Gasteiger partial charge in [0.15, 0.2) is 0 Å². The molecule has 11 heteroatoms. The van der Waals surface area contributed by atoms with E-state index < -0.39 is 0 Å². The minimum atomic E-state index is -0.361. The number of likely N-dealkylation sites (tertiary alicyclic amines) is 1. The number of nitrogens with zero attached hydrogens (tertiary/aromatic N) is 7. The first-order chi connectivity index (χ1) is 18.0.